The Kier molecular flexibility index (Phi) is 3.56. The number of H-pyrrole nitrogens is 1. The van der Waals surface area contributed by atoms with E-state index < -0.39 is 17.9 Å². The van der Waals surface area contributed by atoms with Gasteiger partial charge in [-0.3, -0.25) is 9.89 Å². The summed E-state index contributed by atoms with van der Waals surface area (Å²) in [5.74, 6) is -1.39. The van der Waals surface area contributed by atoms with Gasteiger partial charge in [0.05, 0.1) is 0 Å². The highest BCUT2D eigenvalue weighted by molar-refractivity contribution is 5.93. The van der Waals surface area contributed by atoms with Crippen LogP contribution in [0.15, 0.2) is 30.3 Å². The Balaban J connectivity index is 2.18. The summed E-state index contributed by atoms with van der Waals surface area (Å²) in [7, 11) is 0. The van der Waals surface area contributed by atoms with Crippen molar-refractivity contribution in [2.45, 2.75) is 13.0 Å². The van der Waals surface area contributed by atoms with Crippen LogP contribution in [0.2, 0.25) is 0 Å². The van der Waals surface area contributed by atoms with Crippen molar-refractivity contribution in [3.05, 3.63) is 47.5 Å². The van der Waals surface area contributed by atoms with E-state index in [0.29, 0.717) is 11.4 Å². The van der Waals surface area contributed by atoms with Crippen LogP contribution in [0.5, 0.6) is 0 Å². The number of rotatable bonds is 4. The van der Waals surface area contributed by atoms with Gasteiger partial charge in [0.15, 0.2) is 6.04 Å². The number of aromatic amines is 1. The quantitative estimate of drug-likeness (QED) is 0.748. The van der Waals surface area contributed by atoms with Crippen molar-refractivity contribution >= 4 is 11.9 Å². The molecule has 2 rings (SSSR count). The molecule has 2 aromatic rings. The molecule has 1 atom stereocenters. The summed E-state index contributed by atoms with van der Waals surface area (Å²) in [5, 5.41) is 17.7. The number of benzene rings is 1. The van der Waals surface area contributed by atoms with Crippen molar-refractivity contribution in [2.24, 2.45) is 0 Å². The molecule has 0 fully saturated rings. The molecular formula is C12H12N4O3. The highest BCUT2D eigenvalue weighted by Crippen LogP contribution is 2.13. The third-order valence-electron chi connectivity index (χ3n) is 2.46. The lowest BCUT2D eigenvalue weighted by Gasteiger charge is -2.13. The molecule has 1 aromatic heterocycles. The molecule has 0 bridgehead atoms. The summed E-state index contributed by atoms with van der Waals surface area (Å²) in [5.41, 5.74) is 0.482. The minimum atomic E-state index is -1.15. The molecule has 0 unspecified atom stereocenters. The number of amides is 1. The highest BCUT2D eigenvalue weighted by Gasteiger charge is 2.24. The topological polar surface area (TPSA) is 108 Å². The number of nitrogens with one attached hydrogen (secondary N) is 2. The molecule has 3 N–H and O–H groups in total. The van der Waals surface area contributed by atoms with Gasteiger partial charge in [-0.2, -0.15) is 0 Å². The van der Waals surface area contributed by atoms with E-state index in [1.807, 2.05) is 0 Å². The minimum Gasteiger partial charge on any atom is -0.479 e. The molecule has 1 heterocycles. The Morgan fingerprint density at radius 2 is 2.00 bits per heavy atom. The molecule has 0 saturated carbocycles. The van der Waals surface area contributed by atoms with Gasteiger partial charge in [0.2, 0.25) is 5.82 Å². The summed E-state index contributed by atoms with van der Waals surface area (Å²) < 4.78 is 0. The van der Waals surface area contributed by atoms with Crippen LogP contribution in [0.1, 0.15) is 28.0 Å². The zero-order valence-corrected chi connectivity index (χ0v) is 10.1. The molecule has 0 saturated heterocycles. The summed E-state index contributed by atoms with van der Waals surface area (Å²) in [6, 6.07) is 7.29. The zero-order chi connectivity index (χ0) is 13.8. The van der Waals surface area contributed by atoms with Crippen LogP contribution in [0.25, 0.3) is 0 Å². The molecule has 7 heteroatoms. The average molecular weight is 260 g/mol. The summed E-state index contributed by atoms with van der Waals surface area (Å²) in [4.78, 5) is 26.9. The SMILES string of the molecule is Cc1nc(C(=O)N[C@H](C(=O)O)c2ccccc2)n[nH]1. The smallest absolute Gasteiger partial charge is 0.330 e. The Labute approximate surface area is 108 Å². The van der Waals surface area contributed by atoms with Crippen LogP contribution in [-0.4, -0.2) is 32.2 Å². The van der Waals surface area contributed by atoms with Gasteiger partial charge in [-0.05, 0) is 12.5 Å². The largest absolute Gasteiger partial charge is 0.479 e. The van der Waals surface area contributed by atoms with Crippen molar-refractivity contribution in [1.82, 2.24) is 20.5 Å². The number of aromatic nitrogens is 3. The maximum Gasteiger partial charge on any atom is 0.330 e. The first kappa shape index (κ1) is 12.7. The van der Waals surface area contributed by atoms with Gasteiger partial charge in [-0.1, -0.05) is 30.3 Å². The van der Waals surface area contributed by atoms with Crippen LogP contribution < -0.4 is 5.32 Å². The predicted molar refractivity (Wildman–Crippen MR) is 65.4 cm³/mol. The van der Waals surface area contributed by atoms with Gasteiger partial charge < -0.3 is 10.4 Å². The van der Waals surface area contributed by atoms with Gasteiger partial charge in [0.1, 0.15) is 5.82 Å². The molecule has 98 valence electrons. The predicted octanol–water partition coefficient (Wildman–Crippen LogP) is 0.669. The highest BCUT2D eigenvalue weighted by atomic mass is 16.4. The van der Waals surface area contributed by atoms with E-state index in [2.05, 4.69) is 20.5 Å². The third-order valence-corrected chi connectivity index (χ3v) is 2.46. The van der Waals surface area contributed by atoms with Crippen molar-refractivity contribution in [3.8, 4) is 0 Å². The van der Waals surface area contributed by atoms with Gasteiger partial charge >= 0.3 is 5.97 Å². The number of nitrogens with zero attached hydrogens (tertiary/aromatic N) is 2. The number of carbonyl (C=O) groups is 2. The average Bonchev–Trinajstić information content (AvgIpc) is 2.83. The lowest BCUT2D eigenvalue weighted by Crippen LogP contribution is -2.34. The molecule has 7 nitrogen and oxygen atoms in total. The lowest BCUT2D eigenvalue weighted by atomic mass is 10.1. The van der Waals surface area contributed by atoms with Crippen LogP contribution in [0.3, 0.4) is 0 Å². The van der Waals surface area contributed by atoms with E-state index in [4.69, 9.17) is 5.11 Å². The molecule has 0 spiro atoms. The second kappa shape index (κ2) is 5.30. The lowest BCUT2D eigenvalue weighted by molar-refractivity contribution is -0.139. The van der Waals surface area contributed by atoms with Crippen LogP contribution in [0.4, 0.5) is 0 Å². The van der Waals surface area contributed by atoms with Crippen molar-refractivity contribution in [3.63, 3.8) is 0 Å². The van der Waals surface area contributed by atoms with Crippen molar-refractivity contribution in [2.75, 3.05) is 0 Å². The molecule has 0 radical (unpaired) electrons. The number of carboxylic acid groups (broad SMARTS) is 1. The van der Waals surface area contributed by atoms with Crippen molar-refractivity contribution in [1.29, 1.82) is 0 Å². The molecule has 0 aliphatic rings. The number of aryl methyl sites for hydroxylation is 1. The first-order valence-corrected chi connectivity index (χ1v) is 5.55. The Bertz CT molecular complexity index is 594. The maximum atomic E-state index is 11.8. The summed E-state index contributed by atoms with van der Waals surface area (Å²) >= 11 is 0. The first-order chi connectivity index (χ1) is 9.08. The second-order valence-electron chi connectivity index (χ2n) is 3.90. The summed E-state index contributed by atoms with van der Waals surface area (Å²) in [6.07, 6.45) is 0. The van der Waals surface area contributed by atoms with E-state index in [1.165, 1.54) is 0 Å². The van der Waals surface area contributed by atoms with E-state index in [1.54, 1.807) is 37.3 Å². The maximum absolute atomic E-state index is 11.8. The van der Waals surface area contributed by atoms with Gasteiger partial charge in [-0.25, -0.2) is 9.78 Å². The van der Waals surface area contributed by atoms with E-state index in [0.717, 1.165) is 0 Å². The van der Waals surface area contributed by atoms with Gasteiger partial charge in [-0.15, -0.1) is 5.10 Å². The summed E-state index contributed by atoms with van der Waals surface area (Å²) in [6.45, 7) is 1.65. The number of carboxylic acids is 1. The van der Waals surface area contributed by atoms with Gasteiger partial charge in [0, 0.05) is 0 Å². The molecule has 19 heavy (non-hydrogen) atoms. The number of hydrogen-bond donors (Lipinski definition) is 3. The number of hydrogen-bond acceptors (Lipinski definition) is 4. The first-order valence-electron chi connectivity index (χ1n) is 5.55. The monoisotopic (exact) mass is 260 g/mol. The Morgan fingerprint density at radius 3 is 2.53 bits per heavy atom. The molecular weight excluding hydrogens is 248 g/mol. The molecule has 1 amide bonds. The standard InChI is InChI=1S/C12H12N4O3/c1-7-13-10(16-15-7)11(17)14-9(12(18)19)8-5-3-2-4-6-8/h2-6,9H,1H3,(H,14,17)(H,18,19)(H,13,15,16)/t9-/m0/s1. The molecule has 0 aliphatic carbocycles. The minimum absolute atomic E-state index is 0.0836. The number of aliphatic carboxylic acids is 1. The van der Waals surface area contributed by atoms with Crippen LogP contribution in [-0.2, 0) is 4.79 Å². The van der Waals surface area contributed by atoms with Crippen LogP contribution >= 0.6 is 0 Å². The fourth-order valence-corrected chi connectivity index (χ4v) is 1.57. The van der Waals surface area contributed by atoms with Gasteiger partial charge in [0.25, 0.3) is 5.91 Å². The third kappa shape index (κ3) is 2.95. The normalized spacial score (nSPS) is 11.8. The molecule has 1 aromatic carbocycles. The van der Waals surface area contributed by atoms with E-state index in [9.17, 15) is 9.59 Å². The van der Waals surface area contributed by atoms with Crippen molar-refractivity contribution < 1.29 is 14.7 Å². The fraction of sp³-hybridized carbons (Fsp3) is 0.167. The Hall–Kier alpha value is -2.70. The zero-order valence-electron chi connectivity index (χ0n) is 10.1. The fourth-order valence-electron chi connectivity index (χ4n) is 1.57. The van der Waals surface area contributed by atoms with E-state index >= 15 is 0 Å². The number of carbonyl (C=O) groups excluding carboxylic acids is 1. The molecule has 0 aliphatic heterocycles. The van der Waals surface area contributed by atoms with Crippen LogP contribution in [0, 0.1) is 6.92 Å². The Morgan fingerprint density at radius 1 is 1.32 bits per heavy atom. The van der Waals surface area contributed by atoms with E-state index in [-0.39, 0.29) is 5.82 Å². The second-order valence-corrected chi connectivity index (χ2v) is 3.90.